The lowest BCUT2D eigenvalue weighted by Crippen LogP contribution is -2.43. The molecule has 0 radical (unpaired) electrons. The third-order valence-electron chi connectivity index (χ3n) is 4.40. The number of halogens is 1. The van der Waals surface area contributed by atoms with Gasteiger partial charge in [-0.05, 0) is 31.0 Å². The minimum atomic E-state index is -0.263. The number of hydrogen-bond donors (Lipinski definition) is 2. The summed E-state index contributed by atoms with van der Waals surface area (Å²) in [6, 6.07) is 5.00. The second-order valence-corrected chi connectivity index (χ2v) is 5.87. The van der Waals surface area contributed by atoms with Gasteiger partial charge >= 0.3 is 0 Å². The van der Waals surface area contributed by atoms with Gasteiger partial charge in [-0.25, -0.2) is 4.39 Å². The van der Waals surface area contributed by atoms with Gasteiger partial charge in [0.2, 0.25) is 5.91 Å². The highest BCUT2D eigenvalue weighted by molar-refractivity contribution is 5.92. The molecule has 1 amide bonds. The van der Waals surface area contributed by atoms with E-state index in [4.69, 9.17) is 0 Å². The first-order chi connectivity index (χ1) is 10.2. The minimum absolute atomic E-state index is 0.0295. The van der Waals surface area contributed by atoms with Crippen molar-refractivity contribution in [3.8, 4) is 0 Å². The summed E-state index contributed by atoms with van der Waals surface area (Å²) in [7, 11) is 0. The van der Waals surface area contributed by atoms with Crippen molar-refractivity contribution in [3.63, 3.8) is 0 Å². The van der Waals surface area contributed by atoms with Crippen molar-refractivity contribution in [1.82, 2.24) is 5.32 Å². The molecule has 2 fully saturated rings. The second-order valence-electron chi connectivity index (χ2n) is 5.87. The van der Waals surface area contributed by atoms with Crippen molar-refractivity contribution in [3.05, 3.63) is 24.0 Å². The highest BCUT2D eigenvalue weighted by Gasteiger charge is 2.23. The standard InChI is InChI=1S/C16H22FN3O/c17-14-11-13(19-16(21)12-3-1-2-4-12)5-6-15(14)20-9-7-18-8-10-20/h5-6,11-12,18H,1-4,7-10H2,(H,19,21). The van der Waals surface area contributed by atoms with Crippen LogP contribution in [0.1, 0.15) is 25.7 Å². The van der Waals surface area contributed by atoms with Crippen LogP contribution in [0.3, 0.4) is 0 Å². The van der Waals surface area contributed by atoms with E-state index in [0.29, 0.717) is 11.4 Å². The van der Waals surface area contributed by atoms with E-state index in [-0.39, 0.29) is 17.6 Å². The summed E-state index contributed by atoms with van der Waals surface area (Å²) in [5.74, 6) is -0.135. The monoisotopic (exact) mass is 291 g/mol. The highest BCUT2D eigenvalue weighted by atomic mass is 19.1. The fraction of sp³-hybridized carbons (Fsp3) is 0.562. The minimum Gasteiger partial charge on any atom is -0.367 e. The summed E-state index contributed by atoms with van der Waals surface area (Å²) in [5.41, 5.74) is 1.18. The van der Waals surface area contributed by atoms with Crippen LogP contribution >= 0.6 is 0 Å². The Morgan fingerprint density at radius 2 is 1.95 bits per heavy atom. The zero-order chi connectivity index (χ0) is 14.7. The number of piperazine rings is 1. The molecule has 0 atom stereocenters. The number of benzene rings is 1. The predicted octanol–water partition coefficient (Wildman–Crippen LogP) is 2.36. The lowest BCUT2D eigenvalue weighted by Gasteiger charge is -2.29. The Kier molecular flexibility index (Phi) is 4.39. The highest BCUT2D eigenvalue weighted by Crippen LogP contribution is 2.27. The maximum absolute atomic E-state index is 14.2. The first kappa shape index (κ1) is 14.3. The molecule has 1 heterocycles. The normalized spacial score (nSPS) is 19.8. The van der Waals surface area contributed by atoms with E-state index in [9.17, 15) is 9.18 Å². The molecule has 3 rings (SSSR count). The Labute approximate surface area is 124 Å². The molecule has 114 valence electrons. The molecule has 1 saturated carbocycles. The van der Waals surface area contributed by atoms with E-state index in [1.165, 1.54) is 6.07 Å². The number of anilines is 2. The number of carbonyl (C=O) groups excluding carboxylic acids is 1. The van der Waals surface area contributed by atoms with Gasteiger partial charge in [0.15, 0.2) is 0 Å². The van der Waals surface area contributed by atoms with E-state index in [2.05, 4.69) is 10.6 Å². The number of nitrogens with one attached hydrogen (secondary N) is 2. The van der Waals surface area contributed by atoms with Crippen LogP contribution in [0.15, 0.2) is 18.2 Å². The number of hydrogen-bond acceptors (Lipinski definition) is 3. The van der Waals surface area contributed by atoms with Crippen LogP contribution in [0, 0.1) is 11.7 Å². The largest absolute Gasteiger partial charge is 0.367 e. The van der Waals surface area contributed by atoms with E-state index in [1.54, 1.807) is 12.1 Å². The summed E-state index contributed by atoms with van der Waals surface area (Å²) < 4.78 is 14.2. The zero-order valence-electron chi connectivity index (χ0n) is 12.2. The molecule has 0 spiro atoms. The fourth-order valence-electron chi connectivity index (χ4n) is 3.18. The van der Waals surface area contributed by atoms with Gasteiger partial charge in [-0.15, -0.1) is 0 Å². The molecule has 1 aromatic rings. The predicted molar refractivity (Wildman–Crippen MR) is 82.1 cm³/mol. The van der Waals surface area contributed by atoms with Crippen LogP contribution in [0.4, 0.5) is 15.8 Å². The van der Waals surface area contributed by atoms with Gasteiger partial charge in [0.05, 0.1) is 5.69 Å². The number of carbonyl (C=O) groups is 1. The summed E-state index contributed by atoms with van der Waals surface area (Å²) in [5, 5.41) is 6.10. The molecule has 2 N–H and O–H groups in total. The summed E-state index contributed by atoms with van der Waals surface area (Å²) in [6.45, 7) is 3.37. The van der Waals surface area contributed by atoms with E-state index < -0.39 is 0 Å². The van der Waals surface area contributed by atoms with E-state index in [1.807, 2.05) is 4.90 Å². The molecule has 0 unspecified atom stereocenters. The maximum atomic E-state index is 14.2. The van der Waals surface area contributed by atoms with Crippen molar-refractivity contribution in [2.45, 2.75) is 25.7 Å². The van der Waals surface area contributed by atoms with E-state index in [0.717, 1.165) is 51.9 Å². The van der Waals surface area contributed by atoms with Crippen LogP contribution in [0.25, 0.3) is 0 Å². The second kappa shape index (κ2) is 6.43. The lowest BCUT2D eigenvalue weighted by molar-refractivity contribution is -0.119. The fourth-order valence-corrected chi connectivity index (χ4v) is 3.18. The molecular formula is C16H22FN3O. The Balaban J connectivity index is 1.67. The van der Waals surface area contributed by atoms with Gasteiger partial charge in [-0.2, -0.15) is 0 Å². The maximum Gasteiger partial charge on any atom is 0.227 e. The Hall–Kier alpha value is -1.62. The smallest absolute Gasteiger partial charge is 0.227 e. The number of amides is 1. The summed E-state index contributed by atoms with van der Waals surface area (Å²) in [6.07, 6.45) is 4.14. The third kappa shape index (κ3) is 3.35. The first-order valence-corrected chi connectivity index (χ1v) is 7.80. The Morgan fingerprint density at radius 1 is 1.24 bits per heavy atom. The Bertz CT molecular complexity index is 508. The summed E-state index contributed by atoms with van der Waals surface area (Å²) in [4.78, 5) is 14.1. The SMILES string of the molecule is O=C(Nc1ccc(N2CCNCC2)c(F)c1)C1CCCC1. The van der Waals surface area contributed by atoms with Gasteiger partial charge in [0.25, 0.3) is 0 Å². The van der Waals surface area contributed by atoms with Crippen LogP contribution in [0.2, 0.25) is 0 Å². The van der Waals surface area contributed by atoms with Gasteiger partial charge in [0, 0.05) is 37.8 Å². The molecule has 21 heavy (non-hydrogen) atoms. The molecule has 2 aliphatic rings. The number of nitrogens with zero attached hydrogens (tertiary/aromatic N) is 1. The van der Waals surface area contributed by atoms with Gasteiger partial charge < -0.3 is 15.5 Å². The van der Waals surface area contributed by atoms with Crippen LogP contribution in [0.5, 0.6) is 0 Å². The molecule has 0 bridgehead atoms. The quantitative estimate of drug-likeness (QED) is 0.898. The van der Waals surface area contributed by atoms with Crippen LogP contribution in [-0.2, 0) is 4.79 Å². The van der Waals surface area contributed by atoms with Crippen LogP contribution < -0.4 is 15.5 Å². The molecule has 0 aromatic heterocycles. The molecule has 4 nitrogen and oxygen atoms in total. The average Bonchev–Trinajstić information content (AvgIpc) is 3.02. The van der Waals surface area contributed by atoms with Gasteiger partial charge in [-0.3, -0.25) is 4.79 Å². The molecule has 1 saturated heterocycles. The molecular weight excluding hydrogens is 269 g/mol. The van der Waals surface area contributed by atoms with Crippen molar-refractivity contribution in [2.75, 3.05) is 36.4 Å². The molecule has 1 aromatic carbocycles. The van der Waals surface area contributed by atoms with Crippen molar-refractivity contribution >= 4 is 17.3 Å². The van der Waals surface area contributed by atoms with Gasteiger partial charge in [-0.1, -0.05) is 12.8 Å². The molecule has 1 aliphatic carbocycles. The first-order valence-electron chi connectivity index (χ1n) is 7.80. The van der Waals surface area contributed by atoms with Crippen molar-refractivity contribution in [2.24, 2.45) is 5.92 Å². The molecule has 1 aliphatic heterocycles. The van der Waals surface area contributed by atoms with E-state index >= 15 is 0 Å². The third-order valence-corrected chi connectivity index (χ3v) is 4.40. The topological polar surface area (TPSA) is 44.4 Å². The van der Waals surface area contributed by atoms with Crippen LogP contribution in [-0.4, -0.2) is 32.1 Å². The molecule has 5 heteroatoms. The zero-order valence-corrected chi connectivity index (χ0v) is 12.2. The number of rotatable bonds is 3. The summed E-state index contributed by atoms with van der Waals surface area (Å²) >= 11 is 0. The van der Waals surface area contributed by atoms with Crippen molar-refractivity contribution < 1.29 is 9.18 Å². The average molecular weight is 291 g/mol. The Morgan fingerprint density at radius 3 is 2.62 bits per heavy atom. The van der Waals surface area contributed by atoms with Gasteiger partial charge in [0.1, 0.15) is 5.82 Å². The lowest BCUT2D eigenvalue weighted by atomic mass is 10.1. The van der Waals surface area contributed by atoms with Crippen molar-refractivity contribution in [1.29, 1.82) is 0 Å².